The van der Waals surface area contributed by atoms with E-state index in [2.05, 4.69) is 26.5 Å². The number of hydrazone groups is 1. The van der Waals surface area contributed by atoms with Gasteiger partial charge in [-0.3, -0.25) is 14.9 Å². The number of benzene rings is 2. The normalized spacial score (nSPS) is 11.2. The van der Waals surface area contributed by atoms with E-state index >= 15 is 0 Å². The molecule has 144 valence electrons. The van der Waals surface area contributed by atoms with Crippen molar-refractivity contribution in [2.45, 2.75) is 0 Å². The standard InChI is InChI=1S/C20H12BrN3O4S/c21-14-3-1-2-12(8-14)17-6-5-16(28-17)11-22-23-20(25)19-10-13-9-15(24(26)27)4-7-18(13)29-19/h1-11H,(H,23,25). The third kappa shape index (κ3) is 4.25. The summed E-state index contributed by atoms with van der Waals surface area (Å²) in [7, 11) is 0. The fourth-order valence-corrected chi connectivity index (χ4v) is 4.02. The summed E-state index contributed by atoms with van der Waals surface area (Å²) in [6, 6.07) is 17.4. The largest absolute Gasteiger partial charge is 0.455 e. The van der Waals surface area contributed by atoms with E-state index in [0.29, 0.717) is 21.8 Å². The number of halogens is 1. The predicted octanol–water partition coefficient (Wildman–Crippen LogP) is 5.60. The highest BCUT2D eigenvalue weighted by Crippen LogP contribution is 2.29. The van der Waals surface area contributed by atoms with Crippen molar-refractivity contribution in [3.05, 3.63) is 85.9 Å². The number of nitro benzene ring substituents is 1. The molecule has 0 fully saturated rings. The Morgan fingerprint density at radius 1 is 1.17 bits per heavy atom. The zero-order valence-electron chi connectivity index (χ0n) is 14.7. The molecule has 0 saturated heterocycles. The Kier molecular flexibility index (Phi) is 5.24. The fraction of sp³-hybridized carbons (Fsp3) is 0. The van der Waals surface area contributed by atoms with E-state index in [0.717, 1.165) is 14.7 Å². The minimum absolute atomic E-state index is 0.0145. The molecule has 0 bridgehead atoms. The second-order valence-electron chi connectivity index (χ2n) is 6.00. The minimum atomic E-state index is -0.465. The molecular weight excluding hydrogens is 458 g/mol. The van der Waals surface area contributed by atoms with Gasteiger partial charge in [0.15, 0.2) is 0 Å². The van der Waals surface area contributed by atoms with Crippen LogP contribution in [0.5, 0.6) is 0 Å². The lowest BCUT2D eigenvalue weighted by molar-refractivity contribution is -0.384. The molecule has 0 spiro atoms. The SMILES string of the molecule is O=C(NN=Cc1ccc(-c2cccc(Br)c2)o1)c1cc2cc([N+](=O)[O-])ccc2s1. The van der Waals surface area contributed by atoms with Gasteiger partial charge in [0.05, 0.1) is 16.0 Å². The van der Waals surface area contributed by atoms with Crippen molar-refractivity contribution in [2.75, 3.05) is 0 Å². The quantitative estimate of drug-likeness (QED) is 0.233. The molecule has 2 heterocycles. The summed E-state index contributed by atoms with van der Waals surface area (Å²) in [5, 5.41) is 15.4. The first-order valence-corrected chi connectivity index (χ1v) is 9.98. The molecule has 29 heavy (non-hydrogen) atoms. The van der Waals surface area contributed by atoms with Gasteiger partial charge >= 0.3 is 0 Å². The summed E-state index contributed by atoms with van der Waals surface area (Å²) in [4.78, 5) is 23.1. The number of nitro groups is 1. The highest BCUT2D eigenvalue weighted by molar-refractivity contribution is 9.10. The number of thiophene rings is 1. The van der Waals surface area contributed by atoms with Gasteiger partial charge in [-0.2, -0.15) is 5.10 Å². The third-order valence-electron chi connectivity index (χ3n) is 4.03. The van der Waals surface area contributed by atoms with Gasteiger partial charge in [0.1, 0.15) is 11.5 Å². The average Bonchev–Trinajstić information content (AvgIpc) is 3.34. The lowest BCUT2D eigenvalue weighted by Gasteiger charge is -1.97. The summed E-state index contributed by atoms with van der Waals surface area (Å²) >= 11 is 4.66. The number of furan rings is 1. The Bertz CT molecular complexity index is 1260. The predicted molar refractivity (Wildman–Crippen MR) is 115 cm³/mol. The van der Waals surface area contributed by atoms with Crippen LogP contribution < -0.4 is 5.43 Å². The van der Waals surface area contributed by atoms with Gasteiger partial charge in [0.25, 0.3) is 11.6 Å². The van der Waals surface area contributed by atoms with Crippen molar-refractivity contribution < 1.29 is 14.1 Å². The van der Waals surface area contributed by atoms with Gasteiger partial charge in [0, 0.05) is 32.3 Å². The second kappa shape index (κ2) is 7.98. The van der Waals surface area contributed by atoms with Crippen LogP contribution in [-0.2, 0) is 0 Å². The maximum absolute atomic E-state index is 12.3. The third-order valence-corrected chi connectivity index (χ3v) is 5.64. The molecule has 1 N–H and O–H groups in total. The molecule has 0 saturated carbocycles. The Morgan fingerprint density at radius 3 is 2.83 bits per heavy atom. The van der Waals surface area contributed by atoms with Crippen LogP contribution in [0, 0.1) is 10.1 Å². The highest BCUT2D eigenvalue weighted by Gasteiger charge is 2.13. The van der Waals surface area contributed by atoms with E-state index in [4.69, 9.17) is 4.42 Å². The Balaban J connectivity index is 1.45. The summed E-state index contributed by atoms with van der Waals surface area (Å²) in [6.45, 7) is 0. The number of nitrogens with one attached hydrogen (secondary N) is 1. The van der Waals surface area contributed by atoms with Gasteiger partial charge in [-0.15, -0.1) is 11.3 Å². The van der Waals surface area contributed by atoms with Crippen molar-refractivity contribution in [3.8, 4) is 11.3 Å². The van der Waals surface area contributed by atoms with Crippen molar-refractivity contribution in [1.29, 1.82) is 0 Å². The van der Waals surface area contributed by atoms with Gasteiger partial charge in [-0.05, 0) is 36.4 Å². The van der Waals surface area contributed by atoms with E-state index in [-0.39, 0.29) is 5.69 Å². The molecule has 2 aromatic heterocycles. The molecule has 1 amide bonds. The molecule has 4 rings (SSSR count). The van der Waals surface area contributed by atoms with E-state index < -0.39 is 10.8 Å². The molecule has 0 atom stereocenters. The monoisotopic (exact) mass is 469 g/mol. The van der Waals surface area contributed by atoms with Crippen LogP contribution in [0.15, 0.2) is 74.7 Å². The Morgan fingerprint density at radius 2 is 2.03 bits per heavy atom. The topological polar surface area (TPSA) is 97.7 Å². The van der Waals surface area contributed by atoms with Crippen LogP contribution in [0.4, 0.5) is 5.69 Å². The molecule has 0 radical (unpaired) electrons. The molecule has 9 heteroatoms. The smallest absolute Gasteiger partial charge is 0.281 e. The van der Waals surface area contributed by atoms with Gasteiger partial charge in [-0.25, -0.2) is 5.43 Å². The molecule has 0 aliphatic carbocycles. The van der Waals surface area contributed by atoms with E-state index in [1.807, 2.05) is 30.3 Å². The van der Waals surface area contributed by atoms with Crippen LogP contribution in [0.3, 0.4) is 0 Å². The van der Waals surface area contributed by atoms with Crippen molar-refractivity contribution in [1.82, 2.24) is 5.43 Å². The van der Waals surface area contributed by atoms with Crippen LogP contribution in [-0.4, -0.2) is 17.0 Å². The zero-order chi connectivity index (χ0) is 20.4. The Hall–Kier alpha value is -3.30. The molecule has 7 nitrogen and oxygen atoms in total. The number of amides is 1. The van der Waals surface area contributed by atoms with E-state index in [9.17, 15) is 14.9 Å². The van der Waals surface area contributed by atoms with E-state index in [1.54, 1.807) is 18.2 Å². The Labute approximate surface area is 176 Å². The van der Waals surface area contributed by atoms with Crippen molar-refractivity contribution in [2.24, 2.45) is 5.10 Å². The lowest BCUT2D eigenvalue weighted by Crippen LogP contribution is -2.15. The number of carbonyl (C=O) groups is 1. The maximum atomic E-state index is 12.3. The first-order chi connectivity index (χ1) is 14.0. The number of fused-ring (bicyclic) bond motifs is 1. The first kappa shape index (κ1) is 19.0. The number of nitrogens with zero attached hydrogens (tertiary/aromatic N) is 2. The maximum Gasteiger partial charge on any atom is 0.281 e. The zero-order valence-corrected chi connectivity index (χ0v) is 17.1. The van der Waals surface area contributed by atoms with Gasteiger partial charge < -0.3 is 4.42 Å². The van der Waals surface area contributed by atoms with Crippen LogP contribution in [0.2, 0.25) is 0 Å². The van der Waals surface area contributed by atoms with Crippen molar-refractivity contribution >= 4 is 55.2 Å². The molecule has 4 aromatic rings. The van der Waals surface area contributed by atoms with Gasteiger partial charge in [0.2, 0.25) is 0 Å². The van der Waals surface area contributed by atoms with Crippen molar-refractivity contribution in [3.63, 3.8) is 0 Å². The highest BCUT2D eigenvalue weighted by atomic mass is 79.9. The fourth-order valence-electron chi connectivity index (χ4n) is 2.68. The minimum Gasteiger partial charge on any atom is -0.455 e. The average molecular weight is 470 g/mol. The second-order valence-corrected chi connectivity index (χ2v) is 8.00. The summed E-state index contributed by atoms with van der Waals surface area (Å²) < 4.78 is 7.45. The summed E-state index contributed by atoms with van der Waals surface area (Å²) in [6.07, 6.45) is 1.41. The number of rotatable bonds is 5. The first-order valence-electron chi connectivity index (χ1n) is 8.37. The van der Waals surface area contributed by atoms with E-state index in [1.165, 1.54) is 29.7 Å². The molecule has 0 aliphatic rings. The molecular formula is C20H12BrN3O4S. The number of hydrogen-bond acceptors (Lipinski definition) is 6. The number of hydrogen-bond donors (Lipinski definition) is 1. The number of non-ortho nitro benzene ring substituents is 1. The lowest BCUT2D eigenvalue weighted by atomic mass is 10.2. The summed E-state index contributed by atoms with van der Waals surface area (Å²) in [5.41, 5.74) is 3.35. The summed E-state index contributed by atoms with van der Waals surface area (Å²) in [5.74, 6) is 0.779. The van der Waals surface area contributed by atoms with Gasteiger partial charge in [-0.1, -0.05) is 28.1 Å². The molecule has 0 aliphatic heterocycles. The number of carbonyl (C=O) groups excluding carboxylic acids is 1. The molecule has 0 unspecified atom stereocenters. The van der Waals surface area contributed by atoms with Crippen LogP contribution >= 0.6 is 27.3 Å². The van der Waals surface area contributed by atoms with Crippen LogP contribution in [0.25, 0.3) is 21.4 Å². The molecule has 2 aromatic carbocycles. The van der Waals surface area contributed by atoms with Crippen LogP contribution in [0.1, 0.15) is 15.4 Å².